The molecule has 0 amide bonds. The molecule has 0 bridgehead atoms. The lowest BCUT2D eigenvalue weighted by molar-refractivity contribution is 0.393. The zero-order valence-electron chi connectivity index (χ0n) is 15.5. The molecule has 0 radical (unpaired) electrons. The van der Waals surface area contributed by atoms with Gasteiger partial charge in [0.1, 0.15) is 5.76 Å². The van der Waals surface area contributed by atoms with E-state index >= 15 is 0 Å². The van der Waals surface area contributed by atoms with Crippen LogP contribution in [0.4, 0.5) is 0 Å². The van der Waals surface area contributed by atoms with Gasteiger partial charge in [0.05, 0.1) is 28.4 Å². The maximum atomic E-state index is 12.3. The van der Waals surface area contributed by atoms with Gasteiger partial charge in [-0.05, 0) is 61.7 Å². The predicted octanol–water partition coefficient (Wildman–Crippen LogP) is 3.99. The van der Waals surface area contributed by atoms with Crippen LogP contribution in [0.5, 0.6) is 0 Å². The summed E-state index contributed by atoms with van der Waals surface area (Å²) in [4.78, 5) is 15.2. The maximum Gasteiger partial charge on any atom is 0.326 e. The molecular weight excluding hydrogens is 340 g/mol. The molecule has 0 aliphatic rings. The van der Waals surface area contributed by atoms with Gasteiger partial charge in [-0.2, -0.15) is 5.26 Å². The van der Waals surface area contributed by atoms with Crippen molar-refractivity contribution in [2.75, 3.05) is 0 Å². The fraction of sp³-hybridized carbons (Fsp3) is 0.190. The van der Waals surface area contributed by atoms with Crippen LogP contribution in [0.15, 0.2) is 39.6 Å². The van der Waals surface area contributed by atoms with Crippen LogP contribution in [-0.4, -0.2) is 14.7 Å². The molecule has 0 spiro atoms. The fourth-order valence-electron chi connectivity index (χ4n) is 3.62. The van der Waals surface area contributed by atoms with Crippen molar-refractivity contribution in [1.29, 1.82) is 5.26 Å². The number of aromatic amines is 1. The van der Waals surface area contributed by atoms with Crippen LogP contribution in [0.2, 0.25) is 0 Å². The van der Waals surface area contributed by atoms with Crippen molar-refractivity contribution in [3.05, 3.63) is 63.4 Å². The van der Waals surface area contributed by atoms with Crippen LogP contribution >= 0.6 is 0 Å². The first-order chi connectivity index (χ1) is 12.9. The molecule has 4 aromatic rings. The van der Waals surface area contributed by atoms with E-state index < -0.39 is 0 Å². The number of benzene rings is 2. The molecule has 2 heterocycles. The Labute approximate surface area is 155 Å². The van der Waals surface area contributed by atoms with Gasteiger partial charge in [0, 0.05) is 18.2 Å². The Kier molecular flexibility index (Phi) is 3.74. The predicted molar refractivity (Wildman–Crippen MR) is 103 cm³/mol. The van der Waals surface area contributed by atoms with E-state index in [0.717, 1.165) is 50.3 Å². The molecule has 2 aromatic carbocycles. The van der Waals surface area contributed by atoms with Crippen molar-refractivity contribution >= 4 is 11.0 Å². The lowest BCUT2D eigenvalue weighted by atomic mass is 9.93. The fourth-order valence-corrected chi connectivity index (χ4v) is 3.62. The third-order valence-electron chi connectivity index (χ3n) is 4.97. The van der Waals surface area contributed by atoms with Gasteiger partial charge in [0.25, 0.3) is 0 Å². The third-order valence-corrected chi connectivity index (χ3v) is 4.97. The first-order valence-electron chi connectivity index (χ1n) is 8.58. The highest BCUT2D eigenvalue weighted by Crippen LogP contribution is 2.36. The summed E-state index contributed by atoms with van der Waals surface area (Å²) in [7, 11) is 1.74. The molecule has 0 saturated heterocycles. The number of H-pyrrole nitrogens is 1. The molecule has 0 fully saturated rings. The minimum Gasteiger partial charge on any atom is -0.361 e. The first kappa shape index (κ1) is 16.9. The number of hydrogen-bond acceptors (Lipinski definition) is 4. The molecular formula is C21H18N4O2. The highest BCUT2D eigenvalue weighted by Gasteiger charge is 2.18. The maximum absolute atomic E-state index is 12.3. The van der Waals surface area contributed by atoms with Gasteiger partial charge in [-0.3, -0.25) is 4.57 Å². The molecule has 6 nitrogen and oxygen atoms in total. The molecule has 0 aliphatic carbocycles. The average molecular weight is 358 g/mol. The third kappa shape index (κ3) is 2.56. The Balaban J connectivity index is 2.14. The number of hydrogen-bond donors (Lipinski definition) is 1. The van der Waals surface area contributed by atoms with Crippen LogP contribution in [0.3, 0.4) is 0 Å². The molecule has 27 heavy (non-hydrogen) atoms. The molecule has 134 valence electrons. The summed E-state index contributed by atoms with van der Waals surface area (Å²) < 4.78 is 6.92. The average Bonchev–Trinajstić information content (AvgIpc) is 3.13. The van der Waals surface area contributed by atoms with Crippen molar-refractivity contribution in [2.45, 2.75) is 20.8 Å². The summed E-state index contributed by atoms with van der Waals surface area (Å²) in [6, 6.07) is 11.7. The van der Waals surface area contributed by atoms with Gasteiger partial charge >= 0.3 is 5.69 Å². The van der Waals surface area contributed by atoms with Gasteiger partial charge in [0.2, 0.25) is 0 Å². The summed E-state index contributed by atoms with van der Waals surface area (Å²) in [5.41, 5.74) is 7.38. The summed E-state index contributed by atoms with van der Waals surface area (Å²) in [6.07, 6.45) is 0. The molecule has 0 unspecified atom stereocenters. The number of imidazole rings is 1. The molecule has 0 aliphatic heterocycles. The molecule has 0 saturated carbocycles. The van der Waals surface area contributed by atoms with Crippen LogP contribution in [0, 0.1) is 32.1 Å². The molecule has 0 atom stereocenters. The largest absolute Gasteiger partial charge is 0.361 e. The Bertz CT molecular complexity index is 1280. The minimum atomic E-state index is -0.184. The lowest BCUT2D eigenvalue weighted by Crippen LogP contribution is -2.12. The quantitative estimate of drug-likeness (QED) is 0.587. The van der Waals surface area contributed by atoms with Crippen molar-refractivity contribution < 1.29 is 4.52 Å². The lowest BCUT2D eigenvalue weighted by Gasteiger charge is -2.12. The van der Waals surface area contributed by atoms with E-state index in [1.807, 2.05) is 45.0 Å². The van der Waals surface area contributed by atoms with E-state index in [1.165, 1.54) is 0 Å². The second-order valence-corrected chi connectivity index (χ2v) is 6.75. The van der Waals surface area contributed by atoms with Crippen LogP contribution in [-0.2, 0) is 7.05 Å². The van der Waals surface area contributed by atoms with Gasteiger partial charge in [0.15, 0.2) is 0 Å². The van der Waals surface area contributed by atoms with E-state index in [4.69, 9.17) is 4.52 Å². The van der Waals surface area contributed by atoms with E-state index in [-0.39, 0.29) is 5.69 Å². The van der Waals surface area contributed by atoms with Crippen molar-refractivity contribution in [1.82, 2.24) is 14.7 Å². The SMILES string of the molecule is Cc1ccc(C#N)cc1-c1cc(-c2c(C)noc2C)cc2[nH]c(=O)n(C)c12. The van der Waals surface area contributed by atoms with Gasteiger partial charge in [-0.15, -0.1) is 0 Å². The number of fused-ring (bicyclic) bond motifs is 1. The number of nitrogens with one attached hydrogen (secondary N) is 1. The number of nitriles is 1. The summed E-state index contributed by atoms with van der Waals surface area (Å²) >= 11 is 0. The van der Waals surface area contributed by atoms with E-state index in [2.05, 4.69) is 16.2 Å². The number of nitrogens with zero attached hydrogens (tertiary/aromatic N) is 3. The van der Waals surface area contributed by atoms with E-state index in [9.17, 15) is 10.1 Å². The smallest absolute Gasteiger partial charge is 0.326 e. The first-order valence-corrected chi connectivity index (χ1v) is 8.58. The van der Waals surface area contributed by atoms with E-state index in [0.29, 0.717) is 5.56 Å². The number of aryl methyl sites for hydroxylation is 4. The van der Waals surface area contributed by atoms with Gasteiger partial charge in [-0.1, -0.05) is 11.2 Å². The molecule has 1 N–H and O–H groups in total. The summed E-state index contributed by atoms with van der Waals surface area (Å²) in [5.74, 6) is 0.721. The van der Waals surface area contributed by atoms with Crippen molar-refractivity contribution in [3.8, 4) is 28.3 Å². The molecule has 2 aromatic heterocycles. The second kappa shape index (κ2) is 5.99. The monoisotopic (exact) mass is 358 g/mol. The zero-order chi connectivity index (χ0) is 19.3. The zero-order valence-corrected chi connectivity index (χ0v) is 15.5. The second-order valence-electron chi connectivity index (χ2n) is 6.75. The van der Waals surface area contributed by atoms with Gasteiger partial charge < -0.3 is 9.51 Å². The van der Waals surface area contributed by atoms with Gasteiger partial charge in [-0.25, -0.2) is 4.79 Å². The standard InChI is InChI=1S/C21H18N4O2/c1-11-5-6-14(10-22)7-16(11)17-8-15(19-12(2)24-27-13(19)3)9-18-20(17)25(4)21(26)23-18/h5-9H,1-4H3,(H,23,26). The Hall–Kier alpha value is -3.59. The number of rotatable bonds is 2. The highest BCUT2D eigenvalue weighted by molar-refractivity contribution is 5.97. The molecule has 4 rings (SSSR count). The summed E-state index contributed by atoms with van der Waals surface area (Å²) in [6.45, 7) is 5.76. The van der Waals surface area contributed by atoms with Crippen LogP contribution in [0.1, 0.15) is 22.6 Å². The van der Waals surface area contributed by atoms with E-state index in [1.54, 1.807) is 17.7 Å². The Morgan fingerprint density at radius 1 is 1.15 bits per heavy atom. The van der Waals surface area contributed by atoms with Crippen molar-refractivity contribution in [3.63, 3.8) is 0 Å². The number of aromatic nitrogens is 3. The Morgan fingerprint density at radius 3 is 2.59 bits per heavy atom. The summed E-state index contributed by atoms with van der Waals surface area (Å²) in [5, 5.41) is 13.4. The topological polar surface area (TPSA) is 87.6 Å². The van der Waals surface area contributed by atoms with Crippen LogP contribution in [0.25, 0.3) is 33.3 Å². The molecule has 6 heteroatoms. The Morgan fingerprint density at radius 2 is 1.93 bits per heavy atom. The van der Waals surface area contributed by atoms with Crippen LogP contribution < -0.4 is 5.69 Å². The minimum absolute atomic E-state index is 0.184. The highest BCUT2D eigenvalue weighted by atomic mass is 16.5. The van der Waals surface area contributed by atoms with Crippen molar-refractivity contribution in [2.24, 2.45) is 7.05 Å². The normalized spacial score (nSPS) is 11.1.